The summed E-state index contributed by atoms with van der Waals surface area (Å²) in [6, 6.07) is 20.9. The number of hydrogen-bond acceptors (Lipinski definition) is 5. The van der Waals surface area contributed by atoms with E-state index in [1.807, 2.05) is 43.3 Å². The van der Waals surface area contributed by atoms with E-state index in [0.29, 0.717) is 31.7 Å². The average molecular weight is 505 g/mol. The molecule has 0 atom stereocenters. The van der Waals surface area contributed by atoms with Gasteiger partial charge in [-0.1, -0.05) is 48.0 Å². The summed E-state index contributed by atoms with van der Waals surface area (Å²) in [5.41, 5.74) is 3.24. The van der Waals surface area contributed by atoms with Gasteiger partial charge in [-0.15, -0.1) is 0 Å². The Morgan fingerprint density at radius 1 is 0.833 bits per heavy atom. The number of fused-ring (bicyclic) bond motifs is 1. The fraction of sp³-hybridized carbons (Fsp3) is 0.259. The predicted octanol–water partition coefficient (Wildman–Crippen LogP) is 3.79. The Hall–Kier alpha value is -3.85. The molecular weight excluding hydrogens is 476 g/mol. The lowest BCUT2D eigenvalue weighted by Gasteiger charge is -2.39. The third kappa shape index (κ3) is 4.19. The molecular formula is C27H28N4O4S. The van der Waals surface area contributed by atoms with Crippen molar-refractivity contribution in [2.24, 2.45) is 0 Å². The molecule has 0 aliphatic carbocycles. The molecule has 0 radical (unpaired) electrons. The summed E-state index contributed by atoms with van der Waals surface area (Å²) < 4.78 is 27.9. The highest BCUT2D eigenvalue weighted by Gasteiger charge is 2.44. The number of sulfonamides is 1. The lowest BCUT2D eigenvalue weighted by atomic mass is 10.1. The minimum absolute atomic E-state index is 0.00581. The molecule has 0 unspecified atom stereocenters. The zero-order valence-corrected chi connectivity index (χ0v) is 21.1. The lowest BCUT2D eigenvalue weighted by Crippen LogP contribution is -2.56. The number of aryl methyl sites for hydroxylation is 2. The second-order valence-corrected chi connectivity index (χ2v) is 10.9. The van der Waals surface area contributed by atoms with Crippen molar-refractivity contribution < 1.29 is 18.0 Å². The number of urea groups is 1. The number of carbonyl (C=O) groups is 2. The second-order valence-electron chi connectivity index (χ2n) is 9.10. The molecule has 0 bridgehead atoms. The van der Waals surface area contributed by atoms with E-state index in [4.69, 9.17) is 0 Å². The molecule has 3 amide bonds. The van der Waals surface area contributed by atoms with Gasteiger partial charge < -0.3 is 9.80 Å². The van der Waals surface area contributed by atoms with E-state index in [0.717, 1.165) is 15.6 Å². The van der Waals surface area contributed by atoms with Crippen LogP contribution >= 0.6 is 0 Å². The first-order valence-corrected chi connectivity index (χ1v) is 13.3. The summed E-state index contributed by atoms with van der Waals surface area (Å²) in [7, 11) is -4.14. The quantitative estimate of drug-likeness (QED) is 0.540. The summed E-state index contributed by atoms with van der Waals surface area (Å²) in [4.78, 5) is 32.3. The number of anilines is 3. The van der Waals surface area contributed by atoms with Gasteiger partial charge in [0.25, 0.3) is 10.0 Å². The molecule has 2 heterocycles. The van der Waals surface area contributed by atoms with Crippen LogP contribution in [-0.4, -0.2) is 58.0 Å². The van der Waals surface area contributed by atoms with Gasteiger partial charge in [0.05, 0.1) is 11.4 Å². The van der Waals surface area contributed by atoms with Crippen LogP contribution in [0.2, 0.25) is 0 Å². The molecule has 0 aromatic heterocycles. The first-order valence-electron chi connectivity index (χ1n) is 11.9. The number of rotatable bonds is 4. The van der Waals surface area contributed by atoms with E-state index in [1.165, 1.54) is 11.0 Å². The molecule has 2 aliphatic heterocycles. The number of para-hydroxylation sites is 2. The molecule has 2 aliphatic rings. The molecule has 0 spiro atoms. The summed E-state index contributed by atoms with van der Waals surface area (Å²) in [5, 5.41) is 0. The Morgan fingerprint density at radius 3 is 2.19 bits per heavy atom. The van der Waals surface area contributed by atoms with Crippen LogP contribution in [0.5, 0.6) is 0 Å². The molecule has 3 aromatic carbocycles. The van der Waals surface area contributed by atoms with Crippen molar-refractivity contribution in [3.05, 3.63) is 83.9 Å². The van der Waals surface area contributed by atoms with E-state index < -0.39 is 16.1 Å². The monoisotopic (exact) mass is 504 g/mol. The van der Waals surface area contributed by atoms with Gasteiger partial charge in [0.1, 0.15) is 11.4 Å². The molecule has 186 valence electrons. The van der Waals surface area contributed by atoms with Crippen molar-refractivity contribution in [3.8, 4) is 0 Å². The van der Waals surface area contributed by atoms with Crippen molar-refractivity contribution in [1.82, 2.24) is 4.90 Å². The van der Waals surface area contributed by atoms with Gasteiger partial charge >= 0.3 is 6.03 Å². The molecule has 3 aromatic rings. The molecule has 1 saturated heterocycles. The second kappa shape index (κ2) is 9.31. The minimum Gasteiger partial charge on any atom is -0.368 e. The van der Waals surface area contributed by atoms with Crippen LogP contribution < -0.4 is 14.1 Å². The van der Waals surface area contributed by atoms with Crippen LogP contribution in [0.1, 0.15) is 11.1 Å². The highest BCUT2D eigenvalue weighted by atomic mass is 32.2. The van der Waals surface area contributed by atoms with Crippen molar-refractivity contribution in [2.45, 2.75) is 18.7 Å². The van der Waals surface area contributed by atoms with Crippen molar-refractivity contribution in [1.29, 1.82) is 0 Å². The van der Waals surface area contributed by atoms with Crippen molar-refractivity contribution in [3.63, 3.8) is 0 Å². The molecule has 36 heavy (non-hydrogen) atoms. The van der Waals surface area contributed by atoms with Gasteiger partial charge in [-0.25, -0.2) is 13.2 Å². The first kappa shape index (κ1) is 23.9. The summed E-state index contributed by atoms with van der Waals surface area (Å²) in [6.07, 6.45) is 0. The van der Waals surface area contributed by atoms with Gasteiger partial charge in [-0.3, -0.25) is 9.69 Å². The maximum atomic E-state index is 13.7. The average Bonchev–Trinajstić information content (AvgIpc) is 2.88. The van der Waals surface area contributed by atoms with Gasteiger partial charge in [0, 0.05) is 31.9 Å². The summed E-state index contributed by atoms with van der Waals surface area (Å²) >= 11 is 0. The number of piperazine rings is 1. The van der Waals surface area contributed by atoms with E-state index >= 15 is 0 Å². The smallest absolute Gasteiger partial charge is 0.343 e. The third-order valence-electron chi connectivity index (χ3n) is 6.70. The molecule has 9 heteroatoms. The largest absolute Gasteiger partial charge is 0.368 e. The predicted molar refractivity (Wildman–Crippen MR) is 140 cm³/mol. The van der Waals surface area contributed by atoms with Crippen molar-refractivity contribution in [2.75, 3.05) is 46.8 Å². The number of carbonyl (C=O) groups excluding carboxylic acids is 2. The Morgan fingerprint density at radius 2 is 1.50 bits per heavy atom. The van der Waals surface area contributed by atoms with E-state index in [2.05, 4.69) is 4.90 Å². The van der Waals surface area contributed by atoms with Crippen LogP contribution in [0.25, 0.3) is 0 Å². The maximum Gasteiger partial charge on any atom is 0.343 e. The van der Waals surface area contributed by atoms with Crippen LogP contribution in [0.3, 0.4) is 0 Å². The number of amides is 3. The number of nitrogens with zero attached hydrogens (tertiary/aromatic N) is 4. The van der Waals surface area contributed by atoms with Gasteiger partial charge in [0.15, 0.2) is 0 Å². The maximum absolute atomic E-state index is 13.7. The highest BCUT2D eigenvalue weighted by molar-refractivity contribution is 7.94. The highest BCUT2D eigenvalue weighted by Crippen LogP contribution is 2.38. The minimum atomic E-state index is -4.14. The SMILES string of the molecule is Cc1ccc(N2C(=O)N(CC(=O)N3CCN(c4ccccc4)CC3)c3ccccc3S2(=O)=O)c(C)c1. The van der Waals surface area contributed by atoms with E-state index in [1.54, 1.807) is 42.2 Å². The number of hydrogen-bond donors (Lipinski definition) is 0. The molecule has 8 nitrogen and oxygen atoms in total. The Bertz CT molecular complexity index is 1420. The normalized spacial score (nSPS) is 17.2. The standard InChI is InChI=1S/C27H28N4O4S/c1-20-12-13-23(21(2)18-20)31-27(33)30(24-10-6-7-11-25(24)36(31,34)35)19-26(32)29-16-14-28(15-17-29)22-8-4-3-5-9-22/h3-13,18H,14-17,19H2,1-2H3. The topological polar surface area (TPSA) is 81.2 Å². The van der Waals surface area contributed by atoms with E-state index in [-0.39, 0.29) is 28.7 Å². The summed E-state index contributed by atoms with van der Waals surface area (Å²) in [5.74, 6) is -0.217. The van der Waals surface area contributed by atoms with Crippen molar-refractivity contribution >= 4 is 39.0 Å². The Labute approximate surface area is 211 Å². The molecule has 0 saturated carbocycles. The number of benzene rings is 3. The van der Waals surface area contributed by atoms with Crippen LogP contribution in [0.15, 0.2) is 77.7 Å². The third-order valence-corrected chi connectivity index (χ3v) is 8.43. The van der Waals surface area contributed by atoms with E-state index in [9.17, 15) is 18.0 Å². The molecule has 5 rings (SSSR count). The summed E-state index contributed by atoms with van der Waals surface area (Å²) in [6.45, 7) is 5.85. The van der Waals surface area contributed by atoms with Gasteiger partial charge in [0.2, 0.25) is 5.91 Å². The molecule has 0 N–H and O–H groups in total. The molecule has 1 fully saturated rings. The lowest BCUT2D eigenvalue weighted by molar-refractivity contribution is -0.129. The Balaban J connectivity index is 1.41. The fourth-order valence-corrected chi connectivity index (χ4v) is 6.48. The zero-order valence-electron chi connectivity index (χ0n) is 20.3. The Kier molecular flexibility index (Phi) is 6.17. The van der Waals surface area contributed by atoms with Crippen LogP contribution in [0, 0.1) is 13.8 Å². The van der Waals surface area contributed by atoms with Gasteiger partial charge in [-0.05, 0) is 49.7 Å². The zero-order chi connectivity index (χ0) is 25.4. The van der Waals surface area contributed by atoms with Crippen LogP contribution in [-0.2, 0) is 14.8 Å². The van der Waals surface area contributed by atoms with Gasteiger partial charge in [-0.2, -0.15) is 4.31 Å². The fourth-order valence-electron chi connectivity index (χ4n) is 4.82. The first-order chi connectivity index (χ1) is 17.3. The van der Waals surface area contributed by atoms with Crippen LogP contribution in [0.4, 0.5) is 21.9 Å².